The van der Waals surface area contributed by atoms with Gasteiger partial charge in [0.15, 0.2) is 5.69 Å². The maximum Gasteiger partial charge on any atom is 0.269 e. The SMILES string of the molecule is CCn1nc(C(N)=O)c2c1-c1cc(-c3ccn(C)n3)c(OC)cc1OC2. The van der Waals surface area contributed by atoms with Gasteiger partial charge >= 0.3 is 0 Å². The standard InChI is InChI=1S/C18H19N5O3/c1-4-23-17-11-7-10(13-5-6-22(2)20-13)14(25-3)8-15(11)26-9-12(17)16(21-23)18(19)24/h5-8H,4,9H2,1-3H3,(H2,19,24). The summed E-state index contributed by atoms with van der Waals surface area (Å²) in [5.41, 5.74) is 9.78. The first-order chi connectivity index (χ1) is 12.5. The molecule has 0 radical (unpaired) electrons. The molecular formula is C18H19N5O3. The summed E-state index contributed by atoms with van der Waals surface area (Å²) in [6.45, 7) is 2.82. The summed E-state index contributed by atoms with van der Waals surface area (Å²) in [6, 6.07) is 5.73. The topological polar surface area (TPSA) is 97.2 Å². The maximum absolute atomic E-state index is 11.8. The Bertz CT molecular complexity index is 1020. The van der Waals surface area contributed by atoms with E-state index >= 15 is 0 Å². The Kier molecular flexibility index (Phi) is 3.68. The number of rotatable bonds is 4. The summed E-state index contributed by atoms with van der Waals surface area (Å²) in [4.78, 5) is 11.8. The zero-order valence-electron chi connectivity index (χ0n) is 14.8. The molecule has 0 saturated heterocycles. The largest absolute Gasteiger partial charge is 0.496 e. The van der Waals surface area contributed by atoms with E-state index in [9.17, 15) is 4.79 Å². The minimum absolute atomic E-state index is 0.243. The number of carbonyl (C=O) groups is 1. The summed E-state index contributed by atoms with van der Waals surface area (Å²) in [5.74, 6) is 0.794. The van der Waals surface area contributed by atoms with Gasteiger partial charge in [0.2, 0.25) is 0 Å². The van der Waals surface area contributed by atoms with E-state index in [1.165, 1.54) is 0 Å². The first-order valence-electron chi connectivity index (χ1n) is 8.28. The molecule has 134 valence electrons. The Labute approximate surface area is 150 Å². The van der Waals surface area contributed by atoms with Gasteiger partial charge in [-0.05, 0) is 19.1 Å². The fraction of sp³-hybridized carbons (Fsp3) is 0.278. The number of benzene rings is 1. The van der Waals surface area contributed by atoms with Crippen LogP contribution in [0.5, 0.6) is 11.5 Å². The average Bonchev–Trinajstić information content (AvgIpc) is 3.23. The van der Waals surface area contributed by atoms with Gasteiger partial charge in [-0.15, -0.1) is 0 Å². The van der Waals surface area contributed by atoms with Crippen molar-refractivity contribution in [1.82, 2.24) is 19.6 Å². The predicted molar refractivity (Wildman–Crippen MR) is 94.9 cm³/mol. The Morgan fingerprint density at radius 2 is 2.15 bits per heavy atom. The fourth-order valence-corrected chi connectivity index (χ4v) is 3.31. The molecule has 0 aliphatic carbocycles. The number of hydrogen-bond donors (Lipinski definition) is 1. The molecule has 1 aliphatic heterocycles. The normalized spacial score (nSPS) is 12.3. The van der Waals surface area contributed by atoms with E-state index in [1.54, 1.807) is 16.5 Å². The van der Waals surface area contributed by atoms with Gasteiger partial charge in [0, 0.05) is 42.5 Å². The van der Waals surface area contributed by atoms with Crippen LogP contribution in [-0.4, -0.2) is 32.6 Å². The third-order valence-electron chi connectivity index (χ3n) is 4.50. The lowest BCUT2D eigenvalue weighted by atomic mass is 9.98. The second kappa shape index (κ2) is 5.91. The van der Waals surface area contributed by atoms with Crippen molar-refractivity contribution in [3.05, 3.63) is 35.7 Å². The van der Waals surface area contributed by atoms with E-state index < -0.39 is 5.91 Å². The Balaban J connectivity index is 1.98. The lowest BCUT2D eigenvalue weighted by Gasteiger charge is -2.21. The summed E-state index contributed by atoms with van der Waals surface area (Å²) in [7, 11) is 3.48. The first kappa shape index (κ1) is 16.2. The van der Waals surface area contributed by atoms with Crippen LogP contribution < -0.4 is 15.2 Å². The second-order valence-electron chi connectivity index (χ2n) is 6.07. The number of primary amides is 1. The van der Waals surface area contributed by atoms with Gasteiger partial charge in [-0.3, -0.25) is 14.2 Å². The monoisotopic (exact) mass is 353 g/mol. The predicted octanol–water partition coefficient (Wildman–Crippen LogP) is 1.97. The summed E-state index contributed by atoms with van der Waals surface area (Å²) in [6.07, 6.45) is 1.87. The van der Waals surface area contributed by atoms with Crippen molar-refractivity contribution in [2.24, 2.45) is 12.8 Å². The molecule has 1 aromatic carbocycles. The van der Waals surface area contributed by atoms with Gasteiger partial charge in [-0.25, -0.2) is 0 Å². The molecule has 2 N–H and O–H groups in total. The van der Waals surface area contributed by atoms with Gasteiger partial charge < -0.3 is 15.2 Å². The van der Waals surface area contributed by atoms with Crippen LogP contribution in [0.25, 0.3) is 22.5 Å². The van der Waals surface area contributed by atoms with Gasteiger partial charge in [0.25, 0.3) is 5.91 Å². The number of nitrogens with zero attached hydrogens (tertiary/aromatic N) is 4. The minimum Gasteiger partial charge on any atom is -0.496 e. The van der Waals surface area contributed by atoms with Gasteiger partial charge in [-0.1, -0.05) is 0 Å². The highest BCUT2D eigenvalue weighted by Crippen LogP contribution is 2.44. The number of hydrogen-bond acceptors (Lipinski definition) is 5. The van der Waals surface area contributed by atoms with Gasteiger partial charge in [0.1, 0.15) is 18.1 Å². The number of nitrogens with two attached hydrogens (primary N) is 1. The van der Waals surface area contributed by atoms with Crippen molar-refractivity contribution in [3.63, 3.8) is 0 Å². The molecule has 4 rings (SSSR count). The molecule has 1 amide bonds. The lowest BCUT2D eigenvalue weighted by Crippen LogP contribution is -2.16. The number of amides is 1. The zero-order chi connectivity index (χ0) is 18.4. The molecule has 8 heteroatoms. The number of aryl methyl sites for hydroxylation is 2. The van der Waals surface area contributed by atoms with Crippen molar-refractivity contribution >= 4 is 5.91 Å². The van der Waals surface area contributed by atoms with Crippen LogP contribution in [0.2, 0.25) is 0 Å². The third-order valence-corrected chi connectivity index (χ3v) is 4.50. The molecule has 3 heterocycles. The highest BCUT2D eigenvalue weighted by molar-refractivity contribution is 5.95. The average molecular weight is 353 g/mol. The maximum atomic E-state index is 11.8. The van der Waals surface area contributed by atoms with Crippen LogP contribution in [0.4, 0.5) is 0 Å². The van der Waals surface area contributed by atoms with Crippen LogP contribution >= 0.6 is 0 Å². The van der Waals surface area contributed by atoms with Gasteiger partial charge in [0.05, 0.1) is 18.5 Å². The molecule has 26 heavy (non-hydrogen) atoms. The molecule has 0 fully saturated rings. The van der Waals surface area contributed by atoms with Crippen molar-refractivity contribution in [1.29, 1.82) is 0 Å². The number of carbonyl (C=O) groups excluding carboxylic acids is 1. The van der Waals surface area contributed by atoms with E-state index in [2.05, 4.69) is 10.2 Å². The Hall–Kier alpha value is -3.29. The third kappa shape index (κ3) is 2.33. The quantitative estimate of drug-likeness (QED) is 0.773. The van der Waals surface area contributed by atoms with Crippen molar-refractivity contribution in [2.45, 2.75) is 20.1 Å². The van der Waals surface area contributed by atoms with Gasteiger partial charge in [-0.2, -0.15) is 10.2 Å². The van der Waals surface area contributed by atoms with Crippen molar-refractivity contribution in [3.8, 4) is 34.0 Å². The van der Waals surface area contributed by atoms with Crippen LogP contribution in [0.1, 0.15) is 23.0 Å². The second-order valence-corrected chi connectivity index (χ2v) is 6.07. The van der Waals surface area contributed by atoms with Crippen LogP contribution in [0.3, 0.4) is 0 Å². The van der Waals surface area contributed by atoms with Crippen molar-refractivity contribution in [2.75, 3.05) is 7.11 Å². The van der Waals surface area contributed by atoms with E-state index in [-0.39, 0.29) is 12.3 Å². The molecule has 0 bridgehead atoms. The molecule has 3 aromatic rings. The molecule has 1 aliphatic rings. The smallest absolute Gasteiger partial charge is 0.269 e. The number of fused-ring (bicyclic) bond motifs is 3. The van der Waals surface area contributed by atoms with Crippen molar-refractivity contribution < 1.29 is 14.3 Å². The Morgan fingerprint density at radius 3 is 2.77 bits per heavy atom. The molecule has 2 aromatic heterocycles. The van der Waals surface area contributed by atoms with E-state index in [4.69, 9.17) is 15.2 Å². The molecule has 0 atom stereocenters. The number of ether oxygens (including phenoxy) is 2. The molecule has 0 spiro atoms. The summed E-state index contributed by atoms with van der Waals surface area (Å²) < 4.78 is 14.9. The lowest BCUT2D eigenvalue weighted by molar-refractivity contribution is 0.0992. The first-order valence-corrected chi connectivity index (χ1v) is 8.28. The van der Waals surface area contributed by atoms with Crippen LogP contribution in [0.15, 0.2) is 24.4 Å². The number of methoxy groups -OCH3 is 1. The van der Waals surface area contributed by atoms with E-state index in [1.807, 2.05) is 38.4 Å². The van der Waals surface area contributed by atoms with Crippen LogP contribution in [-0.2, 0) is 20.2 Å². The van der Waals surface area contributed by atoms with E-state index in [0.29, 0.717) is 23.6 Å². The highest BCUT2D eigenvalue weighted by Gasteiger charge is 2.29. The minimum atomic E-state index is -0.557. The summed E-state index contributed by atoms with van der Waals surface area (Å²) in [5, 5.41) is 8.84. The molecular weight excluding hydrogens is 334 g/mol. The van der Waals surface area contributed by atoms with E-state index in [0.717, 1.165) is 22.5 Å². The summed E-state index contributed by atoms with van der Waals surface area (Å²) >= 11 is 0. The zero-order valence-corrected chi connectivity index (χ0v) is 14.8. The fourth-order valence-electron chi connectivity index (χ4n) is 3.31. The molecule has 8 nitrogen and oxygen atoms in total. The van der Waals surface area contributed by atoms with Crippen LogP contribution in [0, 0.1) is 0 Å². The Morgan fingerprint density at radius 1 is 1.35 bits per heavy atom. The molecule has 0 saturated carbocycles. The number of aromatic nitrogens is 4. The molecule has 0 unspecified atom stereocenters. The highest BCUT2D eigenvalue weighted by atomic mass is 16.5.